The van der Waals surface area contributed by atoms with Crippen LogP contribution in [-0.2, 0) is 46.5 Å². The zero-order valence-electron chi connectivity index (χ0n) is 25.9. The number of rotatable bonds is 17. The number of alkyl carbamates (subject to hydrolysis) is 1. The molecule has 1 saturated heterocycles. The highest BCUT2D eigenvalue weighted by atomic mass is 16.7. The quantitative estimate of drug-likeness (QED) is 0.0965. The minimum absolute atomic E-state index is 0.0264. The molecule has 5 N–H and O–H groups in total. The molecule has 1 fully saturated rings. The summed E-state index contributed by atoms with van der Waals surface area (Å²) in [5, 5.41) is 35.4. The molecule has 2 aromatic rings. The minimum atomic E-state index is -1.70. The molecular formula is C33H44N2O11. The summed E-state index contributed by atoms with van der Waals surface area (Å²) >= 11 is 0. The molecule has 1 heterocycles. The summed E-state index contributed by atoms with van der Waals surface area (Å²) in [6.45, 7) is 1.96. The van der Waals surface area contributed by atoms with E-state index in [1.54, 1.807) is 24.3 Å². The van der Waals surface area contributed by atoms with Crippen LogP contribution in [0.25, 0.3) is 0 Å². The number of nitrogens with one attached hydrogen (secondary N) is 2. The molecule has 0 aliphatic carbocycles. The van der Waals surface area contributed by atoms with Crippen molar-refractivity contribution in [1.82, 2.24) is 10.6 Å². The first-order chi connectivity index (χ1) is 22.1. The van der Waals surface area contributed by atoms with E-state index in [0.29, 0.717) is 32.2 Å². The van der Waals surface area contributed by atoms with Crippen molar-refractivity contribution in [3.63, 3.8) is 0 Å². The van der Waals surface area contributed by atoms with Gasteiger partial charge in [-0.05, 0) is 50.2 Å². The molecule has 0 aromatic heterocycles. The highest BCUT2D eigenvalue weighted by molar-refractivity contribution is 5.81. The Hall–Kier alpha value is -4.04. The van der Waals surface area contributed by atoms with Crippen LogP contribution >= 0.6 is 0 Å². The van der Waals surface area contributed by atoms with Gasteiger partial charge in [-0.3, -0.25) is 9.59 Å². The first kappa shape index (κ1) is 36.4. The van der Waals surface area contributed by atoms with E-state index in [-0.39, 0.29) is 44.4 Å². The van der Waals surface area contributed by atoms with Crippen molar-refractivity contribution in [2.24, 2.45) is 0 Å². The third-order valence-corrected chi connectivity index (χ3v) is 7.35. The maximum atomic E-state index is 13.0. The average molecular weight is 645 g/mol. The van der Waals surface area contributed by atoms with Crippen molar-refractivity contribution in [1.29, 1.82) is 0 Å². The predicted molar refractivity (Wildman–Crippen MR) is 164 cm³/mol. The summed E-state index contributed by atoms with van der Waals surface area (Å²) < 4.78 is 21.1. The molecule has 1 aliphatic rings. The molecule has 0 unspecified atom stereocenters. The van der Waals surface area contributed by atoms with Crippen molar-refractivity contribution in [3.05, 3.63) is 71.8 Å². The van der Waals surface area contributed by atoms with E-state index in [2.05, 4.69) is 10.6 Å². The Bertz CT molecular complexity index is 1230. The maximum absolute atomic E-state index is 13.0. The van der Waals surface area contributed by atoms with Gasteiger partial charge in [-0.2, -0.15) is 0 Å². The molecule has 3 rings (SSSR count). The number of carbonyl (C=O) groups is 4. The predicted octanol–water partition coefficient (Wildman–Crippen LogP) is 2.24. The van der Waals surface area contributed by atoms with Gasteiger partial charge in [0.15, 0.2) is 0 Å². The fraction of sp³-hybridized carbons (Fsp3) is 0.515. The van der Waals surface area contributed by atoms with Crippen molar-refractivity contribution >= 4 is 23.9 Å². The number of aliphatic hydroxyl groups is 3. The topological polar surface area (TPSA) is 190 Å². The normalized spacial score (nSPS) is 21.4. The maximum Gasteiger partial charge on any atom is 0.408 e. The van der Waals surface area contributed by atoms with Crippen LogP contribution in [0.15, 0.2) is 60.7 Å². The Morgan fingerprint density at radius 1 is 0.783 bits per heavy atom. The second kappa shape index (κ2) is 19.5. The lowest BCUT2D eigenvalue weighted by molar-refractivity contribution is -0.285. The summed E-state index contributed by atoms with van der Waals surface area (Å²) in [7, 11) is 0. The van der Waals surface area contributed by atoms with Crippen LogP contribution in [0.4, 0.5) is 4.79 Å². The van der Waals surface area contributed by atoms with Gasteiger partial charge in [-0.1, -0.05) is 60.7 Å². The molecular weight excluding hydrogens is 600 g/mol. The summed E-state index contributed by atoms with van der Waals surface area (Å²) in [5.74, 6) is -1.42. The van der Waals surface area contributed by atoms with Crippen LogP contribution in [0.5, 0.6) is 0 Å². The zero-order chi connectivity index (χ0) is 33.3. The molecule has 13 heteroatoms. The van der Waals surface area contributed by atoms with Crippen LogP contribution in [0.1, 0.15) is 63.0 Å². The van der Waals surface area contributed by atoms with E-state index < -0.39 is 48.8 Å². The first-order valence-electron chi connectivity index (χ1n) is 15.5. The Kier molecular flexibility index (Phi) is 15.4. The lowest BCUT2D eigenvalue weighted by atomic mass is 10.00. The largest absolute Gasteiger partial charge is 0.461 e. The van der Waals surface area contributed by atoms with Crippen LogP contribution in [0.3, 0.4) is 0 Å². The van der Waals surface area contributed by atoms with E-state index in [1.807, 2.05) is 36.4 Å². The number of carbonyl (C=O) groups excluding carboxylic acids is 4. The fourth-order valence-electron chi connectivity index (χ4n) is 4.62. The van der Waals surface area contributed by atoms with E-state index in [1.165, 1.54) is 6.92 Å². The van der Waals surface area contributed by atoms with Crippen LogP contribution in [0.2, 0.25) is 0 Å². The molecule has 6 atom stereocenters. The summed E-state index contributed by atoms with van der Waals surface area (Å²) in [6.07, 6.45) is -5.50. The molecule has 0 bridgehead atoms. The van der Waals surface area contributed by atoms with E-state index >= 15 is 0 Å². The molecule has 13 nitrogen and oxygen atoms in total. The van der Waals surface area contributed by atoms with Gasteiger partial charge in [0.2, 0.25) is 12.2 Å². The smallest absolute Gasteiger partial charge is 0.408 e. The molecule has 46 heavy (non-hydrogen) atoms. The number of aliphatic hydroxyl groups excluding tert-OH is 3. The standard InChI is InChI=1S/C33H44N2O11/c1-22-28(38)29(39)30(40)32(45-22)46-31(41)25(35-33(42)44-21-24-14-6-3-7-15-24)16-10-11-19-34-26(36)17-8-9-18-27(37)43-20-23-12-4-2-5-13-23/h2-7,12-15,22,25,28-30,32,38-40H,8-11,16-21H2,1H3,(H,34,36)(H,35,42)/t22-,25-,28+,29+,30-,32-/m0/s1. The Labute approximate surface area is 268 Å². The Morgan fingerprint density at radius 2 is 1.39 bits per heavy atom. The summed E-state index contributed by atoms with van der Waals surface area (Å²) in [6, 6.07) is 17.1. The van der Waals surface area contributed by atoms with E-state index in [9.17, 15) is 34.5 Å². The molecule has 2 aromatic carbocycles. The van der Waals surface area contributed by atoms with Gasteiger partial charge in [-0.25, -0.2) is 9.59 Å². The molecule has 1 aliphatic heterocycles. The SMILES string of the molecule is C[C@@H]1O[C@@H](OC(=O)[C@H](CCCCNC(=O)CCCCC(=O)OCc2ccccc2)NC(=O)OCc2ccccc2)[C@@H](O)[C@H](O)[C@@H]1O. The molecule has 0 radical (unpaired) electrons. The number of ether oxygens (including phenoxy) is 4. The van der Waals surface area contributed by atoms with Crippen molar-refractivity contribution in [3.8, 4) is 0 Å². The lowest BCUT2D eigenvalue weighted by Gasteiger charge is -2.38. The Morgan fingerprint density at radius 3 is 2.04 bits per heavy atom. The van der Waals surface area contributed by atoms with Crippen LogP contribution in [0, 0.1) is 0 Å². The number of esters is 2. The molecule has 252 valence electrons. The number of amides is 2. The van der Waals surface area contributed by atoms with Gasteiger partial charge < -0.3 is 44.9 Å². The van der Waals surface area contributed by atoms with Gasteiger partial charge in [-0.15, -0.1) is 0 Å². The number of benzene rings is 2. The zero-order valence-corrected chi connectivity index (χ0v) is 25.9. The monoisotopic (exact) mass is 644 g/mol. The minimum Gasteiger partial charge on any atom is -0.461 e. The molecule has 0 spiro atoms. The van der Waals surface area contributed by atoms with Gasteiger partial charge in [0.25, 0.3) is 0 Å². The van der Waals surface area contributed by atoms with Crippen molar-refractivity contribution in [2.45, 2.75) is 102 Å². The third-order valence-electron chi connectivity index (χ3n) is 7.35. The number of hydrogen-bond donors (Lipinski definition) is 5. The van der Waals surface area contributed by atoms with Crippen LogP contribution < -0.4 is 10.6 Å². The number of unbranched alkanes of at least 4 members (excludes halogenated alkanes) is 2. The van der Waals surface area contributed by atoms with Gasteiger partial charge in [0, 0.05) is 19.4 Å². The lowest BCUT2D eigenvalue weighted by Crippen LogP contribution is -2.58. The molecule has 2 amide bonds. The highest BCUT2D eigenvalue weighted by Crippen LogP contribution is 2.22. The van der Waals surface area contributed by atoms with Crippen LogP contribution in [-0.4, -0.2) is 82.6 Å². The second-order valence-corrected chi connectivity index (χ2v) is 11.1. The third kappa shape index (κ3) is 12.8. The average Bonchev–Trinajstić information content (AvgIpc) is 3.06. The number of hydrogen-bond acceptors (Lipinski definition) is 11. The summed E-state index contributed by atoms with van der Waals surface area (Å²) in [5.41, 5.74) is 1.65. The van der Waals surface area contributed by atoms with Crippen molar-refractivity contribution < 1.29 is 53.4 Å². The van der Waals surface area contributed by atoms with E-state index in [0.717, 1.165) is 11.1 Å². The van der Waals surface area contributed by atoms with Gasteiger partial charge in [0.1, 0.15) is 37.6 Å². The highest BCUT2D eigenvalue weighted by Gasteiger charge is 2.44. The first-order valence-corrected chi connectivity index (χ1v) is 15.5. The van der Waals surface area contributed by atoms with Gasteiger partial charge >= 0.3 is 18.0 Å². The second-order valence-electron chi connectivity index (χ2n) is 11.1. The van der Waals surface area contributed by atoms with Gasteiger partial charge in [0.05, 0.1) is 6.10 Å². The van der Waals surface area contributed by atoms with Crippen molar-refractivity contribution in [2.75, 3.05) is 6.54 Å². The molecule has 0 saturated carbocycles. The Balaban J connectivity index is 1.38. The summed E-state index contributed by atoms with van der Waals surface area (Å²) in [4.78, 5) is 49.6. The van der Waals surface area contributed by atoms with E-state index in [4.69, 9.17) is 18.9 Å². The fourth-order valence-corrected chi connectivity index (χ4v) is 4.62.